The Labute approximate surface area is 112 Å². The molecule has 0 atom stereocenters. The fourth-order valence-corrected chi connectivity index (χ4v) is 2.27. The SMILES string of the molecule is C=C(Br)CNC(=O)CSc1nncn1C1CC1. The average molecular weight is 317 g/mol. The van der Waals surface area contributed by atoms with Crippen molar-refractivity contribution in [1.82, 2.24) is 20.1 Å². The highest BCUT2D eigenvalue weighted by molar-refractivity contribution is 9.11. The Hall–Kier alpha value is -0.820. The van der Waals surface area contributed by atoms with Gasteiger partial charge in [-0.2, -0.15) is 0 Å². The topological polar surface area (TPSA) is 59.8 Å². The van der Waals surface area contributed by atoms with Gasteiger partial charge in [-0.1, -0.05) is 34.3 Å². The van der Waals surface area contributed by atoms with Crippen LogP contribution in [0.3, 0.4) is 0 Å². The van der Waals surface area contributed by atoms with Crippen molar-refractivity contribution in [2.45, 2.75) is 24.0 Å². The molecule has 92 valence electrons. The van der Waals surface area contributed by atoms with E-state index in [4.69, 9.17) is 0 Å². The molecule has 1 aliphatic carbocycles. The molecule has 2 rings (SSSR count). The summed E-state index contributed by atoms with van der Waals surface area (Å²) in [5, 5.41) is 11.5. The lowest BCUT2D eigenvalue weighted by molar-refractivity contribution is -0.118. The standard InChI is InChI=1S/C10H13BrN4OS/c1-7(11)4-12-9(16)5-17-10-14-13-6-15(10)8-2-3-8/h6,8H,1-5H2,(H,12,16). The zero-order valence-electron chi connectivity index (χ0n) is 9.23. The lowest BCUT2D eigenvalue weighted by Gasteiger charge is -2.05. The first-order valence-electron chi connectivity index (χ1n) is 5.29. The Morgan fingerprint density at radius 1 is 1.71 bits per heavy atom. The van der Waals surface area contributed by atoms with Gasteiger partial charge in [0, 0.05) is 17.1 Å². The third-order valence-corrected chi connectivity index (χ3v) is 3.53. The summed E-state index contributed by atoms with van der Waals surface area (Å²) in [7, 11) is 0. The van der Waals surface area contributed by atoms with Gasteiger partial charge >= 0.3 is 0 Å². The fourth-order valence-electron chi connectivity index (χ4n) is 1.31. The summed E-state index contributed by atoms with van der Waals surface area (Å²) < 4.78 is 2.80. The van der Waals surface area contributed by atoms with Crippen LogP contribution in [0.2, 0.25) is 0 Å². The molecule has 7 heteroatoms. The predicted octanol–water partition coefficient (Wildman–Crippen LogP) is 1.73. The minimum Gasteiger partial charge on any atom is -0.351 e. The van der Waals surface area contributed by atoms with Crippen LogP contribution in [0.15, 0.2) is 22.5 Å². The molecule has 0 saturated heterocycles. The second kappa shape index (κ2) is 5.68. The quantitative estimate of drug-likeness (QED) is 0.812. The molecule has 1 N–H and O–H groups in total. The molecule has 1 fully saturated rings. The van der Waals surface area contributed by atoms with E-state index in [1.54, 1.807) is 6.33 Å². The van der Waals surface area contributed by atoms with Gasteiger partial charge in [-0.3, -0.25) is 4.79 Å². The van der Waals surface area contributed by atoms with Gasteiger partial charge < -0.3 is 9.88 Å². The van der Waals surface area contributed by atoms with Crippen molar-refractivity contribution < 1.29 is 4.79 Å². The van der Waals surface area contributed by atoms with E-state index in [1.165, 1.54) is 24.6 Å². The number of nitrogens with zero attached hydrogens (tertiary/aromatic N) is 3. The molecular weight excluding hydrogens is 304 g/mol. The number of rotatable bonds is 6. The number of halogens is 1. The highest BCUT2D eigenvalue weighted by Crippen LogP contribution is 2.37. The molecule has 0 unspecified atom stereocenters. The van der Waals surface area contributed by atoms with E-state index in [1.807, 2.05) is 4.57 Å². The lowest BCUT2D eigenvalue weighted by atomic mass is 10.6. The Kier molecular flexibility index (Phi) is 4.22. The lowest BCUT2D eigenvalue weighted by Crippen LogP contribution is -2.26. The number of carbonyl (C=O) groups is 1. The molecule has 1 saturated carbocycles. The molecule has 0 aliphatic heterocycles. The molecular formula is C10H13BrN4OS. The molecule has 1 aromatic heterocycles. The summed E-state index contributed by atoms with van der Waals surface area (Å²) in [5.41, 5.74) is 0. The zero-order chi connectivity index (χ0) is 12.3. The van der Waals surface area contributed by atoms with E-state index >= 15 is 0 Å². The maximum atomic E-state index is 11.5. The summed E-state index contributed by atoms with van der Waals surface area (Å²) >= 11 is 4.60. The Morgan fingerprint density at radius 3 is 3.12 bits per heavy atom. The van der Waals surface area contributed by atoms with Crippen molar-refractivity contribution >= 4 is 33.6 Å². The molecule has 1 aromatic rings. The number of carbonyl (C=O) groups excluding carboxylic acids is 1. The normalized spacial score (nSPS) is 14.6. The molecule has 17 heavy (non-hydrogen) atoms. The summed E-state index contributed by atoms with van der Waals surface area (Å²) in [6.45, 7) is 4.10. The van der Waals surface area contributed by atoms with Crippen LogP contribution < -0.4 is 5.32 Å². The first-order valence-corrected chi connectivity index (χ1v) is 7.07. The minimum absolute atomic E-state index is 0.0269. The maximum Gasteiger partial charge on any atom is 0.230 e. The van der Waals surface area contributed by atoms with Crippen molar-refractivity contribution in [2.75, 3.05) is 12.3 Å². The highest BCUT2D eigenvalue weighted by atomic mass is 79.9. The van der Waals surface area contributed by atoms with E-state index in [9.17, 15) is 4.79 Å². The fraction of sp³-hybridized carbons (Fsp3) is 0.500. The van der Waals surface area contributed by atoms with Gasteiger partial charge in [-0.05, 0) is 12.8 Å². The van der Waals surface area contributed by atoms with Gasteiger partial charge in [0.15, 0.2) is 5.16 Å². The molecule has 0 radical (unpaired) electrons. The van der Waals surface area contributed by atoms with Crippen molar-refractivity contribution in [3.8, 4) is 0 Å². The van der Waals surface area contributed by atoms with E-state index in [0.717, 1.165) is 9.64 Å². The van der Waals surface area contributed by atoms with E-state index in [-0.39, 0.29) is 5.91 Å². The first kappa shape index (κ1) is 12.6. The molecule has 1 heterocycles. The zero-order valence-corrected chi connectivity index (χ0v) is 11.6. The molecule has 5 nitrogen and oxygen atoms in total. The van der Waals surface area contributed by atoms with Crippen molar-refractivity contribution in [3.63, 3.8) is 0 Å². The van der Waals surface area contributed by atoms with Gasteiger partial charge in [0.1, 0.15) is 6.33 Å². The number of nitrogens with one attached hydrogen (secondary N) is 1. The summed E-state index contributed by atoms with van der Waals surface area (Å²) in [6.07, 6.45) is 4.10. The Balaban J connectivity index is 1.78. The van der Waals surface area contributed by atoms with Crippen LogP contribution in [-0.4, -0.2) is 33.0 Å². The average Bonchev–Trinajstić information content (AvgIpc) is 3.03. The van der Waals surface area contributed by atoms with Gasteiger partial charge in [0.25, 0.3) is 0 Å². The number of thioether (sulfide) groups is 1. The van der Waals surface area contributed by atoms with Gasteiger partial charge in [0.2, 0.25) is 5.91 Å². The van der Waals surface area contributed by atoms with Crippen LogP contribution in [0, 0.1) is 0 Å². The Morgan fingerprint density at radius 2 is 2.47 bits per heavy atom. The van der Waals surface area contributed by atoms with Gasteiger partial charge in [0.05, 0.1) is 5.75 Å². The largest absolute Gasteiger partial charge is 0.351 e. The number of amides is 1. The third kappa shape index (κ3) is 3.85. The van der Waals surface area contributed by atoms with Gasteiger partial charge in [-0.25, -0.2) is 0 Å². The summed E-state index contributed by atoms with van der Waals surface area (Å²) in [6, 6.07) is 0.540. The second-order valence-electron chi connectivity index (χ2n) is 3.83. The minimum atomic E-state index is -0.0269. The number of aromatic nitrogens is 3. The van der Waals surface area contributed by atoms with Gasteiger partial charge in [-0.15, -0.1) is 10.2 Å². The molecule has 0 spiro atoms. The van der Waals surface area contributed by atoms with Crippen molar-refractivity contribution in [2.24, 2.45) is 0 Å². The summed E-state index contributed by atoms with van der Waals surface area (Å²) in [4.78, 5) is 11.5. The third-order valence-electron chi connectivity index (χ3n) is 2.29. The van der Waals surface area contributed by atoms with E-state index in [2.05, 4.69) is 38.0 Å². The predicted molar refractivity (Wildman–Crippen MR) is 70.1 cm³/mol. The molecule has 0 aromatic carbocycles. The maximum absolute atomic E-state index is 11.5. The monoisotopic (exact) mass is 316 g/mol. The molecule has 1 aliphatic rings. The van der Waals surface area contributed by atoms with Crippen LogP contribution in [0.25, 0.3) is 0 Å². The second-order valence-corrected chi connectivity index (χ2v) is 5.90. The molecule has 0 bridgehead atoms. The van der Waals surface area contributed by atoms with Crippen LogP contribution >= 0.6 is 27.7 Å². The smallest absolute Gasteiger partial charge is 0.230 e. The van der Waals surface area contributed by atoms with Crippen molar-refractivity contribution in [1.29, 1.82) is 0 Å². The van der Waals surface area contributed by atoms with Crippen LogP contribution in [0.1, 0.15) is 18.9 Å². The first-order chi connectivity index (χ1) is 8.16. The Bertz CT molecular complexity index is 430. The van der Waals surface area contributed by atoms with Crippen LogP contribution in [-0.2, 0) is 4.79 Å². The van der Waals surface area contributed by atoms with Crippen molar-refractivity contribution in [3.05, 3.63) is 17.4 Å². The van der Waals surface area contributed by atoms with Crippen LogP contribution in [0.5, 0.6) is 0 Å². The number of hydrogen-bond acceptors (Lipinski definition) is 4. The van der Waals surface area contributed by atoms with Crippen LogP contribution in [0.4, 0.5) is 0 Å². The highest BCUT2D eigenvalue weighted by Gasteiger charge is 2.26. The summed E-state index contributed by atoms with van der Waals surface area (Å²) in [5.74, 6) is 0.326. The molecule has 1 amide bonds. The number of hydrogen-bond donors (Lipinski definition) is 1. The van der Waals surface area contributed by atoms with E-state index in [0.29, 0.717) is 18.3 Å². The van der Waals surface area contributed by atoms with E-state index < -0.39 is 0 Å².